The van der Waals surface area contributed by atoms with E-state index in [9.17, 15) is 28.0 Å². The Morgan fingerprint density at radius 1 is 1.32 bits per heavy atom. The number of hydrogen-bond acceptors (Lipinski definition) is 7. The summed E-state index contributed by atoms with van der Waals surface area (Å²) >= 11 is 0. The number of guanidine groups is 1. The van der Waals surface area contributed by atoms with Crippen molar-refractivity contribution in [1.29, 1.82) is 5.26 Å². The third-order valence-electron chi connectivity index (χ3n) is 5.83. The second-order valence-electron chi connectivity index (χ2n) is 9.47. The number of ketones is 1. The highest BCUT2D eigenvalue weighted by Crippen LogP contribution is 2.31. The molecule has 14 heteroatoms. The maximum Gasteiger partial charge on any atom is 0.287 e. The fourth-order valence-corrected chi connectivity index (χ4v) is 3.67. The molecule has 1 aromatic rings. The summed E-state index contributed by atoms with van der Waals surface area (Å²) in [6.07, 6.45) is 1.06. The van der Waals surface area contributed by atoms with Crippen LogP contribution in [0.1, 0.15) is 54.0 Å². The third-order valence-corrected chi connectivity index (χ3v) is 5.83. The zero-order chi connectivity index (χ0) is 28.6. The molecule has 0 unspecified atom stereocenters. The molecule has 0 aromatic carbocycles. The van der Waals surface area contributed by atoms with Gasteiger partial charge in [0.1, 0.15) is 12.3 Å². The molecule has 38 heavy (non-hydrogen) atoms. The Balaban J connectivity index is 1.96. The number of amides is 3. The number of Topliss-reactive ketones (excluding diaryl/α,β-unsaturated/α-hetero) is 1. The monoisotopic (exact) mass is 537 g/mol. The molecular formula is C24H33F2N7O5. The van der Waals surface area contributed by atoms with E-state index in [0.717, 1.165) is 12.3 Å². The Hall–Kier alpha value is -4.02. The van der Waals surface area contributed by atoms with Crippen LogP contribution in [0.2, 0.25) is 0 Å². The van der Waals surface area contributed by atoms with Gasteiger partial charge in [-0.1, -0.05) is 13.8 Å². The van der Waals surface area contributed by atoms with Gasteiger partial charge in [-0.2, -0.15) is 5.26 Å². The molecular weight excluding hydrogens is 504 g/mol. The van der Waals surface area contributed by atoms with Crippen molar-refractivity contribution in [2.24, 2.45) is 16.6 Å². The predicted octanol–water partition coefficient (Wildman–Crippen LogP) is 0.749. The average molecular weight is 538 g/mol. The number of halogens is 2. The summed E-state index contributed by atoms with van der Waals surface area (Å²) in [5, 5.41) is 13.9. The van der Waals surface area contributed by atoms with Gasteiger partial charge in [-0.3, -0.25) is 24.2 Å². The molecule has 2 rings (SSSR count). The van der Waals surface area contributed by atoms with Crippen LogP contribution in [-0.2, 0) is 9.59 Å². The molecule has 2 atom stereocenters. The zero-order valence-electron chi connectivity index (χ0n) is 21.8. The number of nitrogens with zero attached hydrogens (tertiary/aromatic N) is 4. The molecule has 2 heterocycles. The number of carbonyl (C=O) groups excluding carboxylic acids is 4. The van der Waals surface area contributed by atoms with Crippen molar-refractivity contribution < 1.29 is 32.4 Å². The Bertz CT molecular complexity index is 1110. The van der Waals surface area contributed by atoms with Gasteiger partial charge in [0.15, 0.2) is 17.5 Å². The lowest BCUT2D eigenvalue weighted by Crippen LogP contribution is -2.43. The number of rotatable bonds is 11. The summed E-state index contributed by atoms with van der Waals surface area (Å²) in [5.41, 5.74) is 5.72. The lowest BCUT2D eigenvalue weighted by atomic mass is 9.97. The van der Waals surface area contributed by atoms with Crippen molar-refractivity contribution in [1.82, 2.24) is 20.4 Å². The van der Waals surface area contributed by atoms with Crippen molar-refractivity contribution >= 4 is 29.5 Å². The van der Waals surface area contributed by atoms with E-state index in [2.05, 4.69) is 15.6 Å². The van der Waals surface area contributed by atoms with Gasteiger partial charge in [0.2, 0.25) is 5.91 Å². The van der Waals surface area contributed by atoms with E-state index < -0.39 is 55.2 Å². The maximum absolute atomic E-state index is 13.5. The minimum atomic E-state index is -3.18. The first-order valence-electron chi connectivity index (χ1n) is 12.0. The van der Waals surface area contributed by atoms with Crippen LogP contribution in [0.15, 0.2) is 21.7 Å². The summed E-state index contributed by atoms with van der Waals surface area (Å²) in [5.74, 6) is -6.00. The number of likely N-dealkylation sites (tertiary alicyclic amines) is 1. The molecule has 12 nitrogen and oxygen atoms in total. The maximum atomic E-state index is 13.5. The number of furan rings is 1. The molecule has 0 saturated carbocycles. The first kappa shape index (κ1) is 30.2. The fourth-order valence-electron chi connectivity index (χ4n) is 3.67. The first-order chi connectivity index (χ1) is 17.8. The van der Waals surface area contributed by atoms with Crippen LogP contribution in [0.4, 0.5) is 8.78 Å². The second kappa shape index (κ2) is 13.0. The van der Waals surface area contributed by atoms with Crippen LogP contribution in [0.3, 0.4) is 0 Å². The first-order valence-corrected chi connectivity index (χ1v) is 12.0. The van der Waals surface area contributed by atoms with Gasteiger partial charge in [0.05, 0.1) is 30.8 Å². The van der Waals surface area contributed by atoms with Crippen LogP contribution in [-0.4, -0.2) is 91.0 Å². The topological polar surface area (TPSA) is 174 Å². The molecule has 0 aliphatic carbocycles. The van der Waals surface area contributed by atoms with Gasteiger partial charge in [-0.25, -0.2) is 8.78 Å². The van der Waals surface area contributed by atoms with Crippen LogP contribution in [0, 0.1) is 17.2 Å². The lowest BCUT2D eigenvalue weighted by Gasteiger charge is -2.19. The minimum absolute atomic E-state index is 0.0263. The number of nitrogens with two attached hydrogens (primary N) is 1. The van der Waals surface area contributed by atoms with E-state index in [1.54, 1.807) is 38.9 Å². The molecule has 1 aliphatic rings. The lowest BCUT2D eigenvalue weighted by molar-refractivity contribution is -0.131. The Labute approximate surface area is 219 Å². The minimum Gasteiger partial charge on any atom is -0.458 e. The number of carbonyl (C=O) groups is 4. The molecule has 3 amide bonds. The number of hydrogen-bond donors (Lipinski definition) is 3. The average Bonchev–Trinajstić information content (AvgIpc) is 3.47. The van der Waals surface area contributed by atoms with Crippen molar-refractivity contribution in [2.45, 2.75) is 51.1 Å². The van der Waals surface area contributed by atoms with Crippen LogP contribution >= 0.6 is 0 Å². The van der Waals surface area contributed by atoms with Gasteiger partial charge < -0.3 is 30.6 Å². The number of alkyl halides is 2. The summed E-state index contributed by atoms with van der Waals surface area (Å²) in [6, 6.07) is 0.706. The largest absolute Gasteiger partial charge is 0.458 e. The van der Waals surface area contributed by atoms with Gasteiger partial charge in [0.25, 0.3) is 17.7 Å². The van der Waals surface area contributed by atoms with E-state index >= 15 is 0 Å². The summed E-state index contributed by atoms with van der Waals surface area (Å²) in [7, 11) is 3.50. The Morgan fingerprint density at radius 2 is 2.00 bits per heavy atom. The molecule has 0 bridgehead atoms. The molecule has 1 fully saturated rings. The van der Waals surface area contributed by atoms with Gasteiger partial charge in [0, 0.05) is 39.0 Å². The molecule has 0 radical (unpaired) electrons. The van der Waals surface area contributed by atoms with Crippen molar-refractivity contribution in [3.05, 3.63) is 23.7 Å². The normalized spacial score (nSPS) is 17.6. The molecule has 4 N–H and O–H groups in total. The SMILES string of the molecule is CC(C)C(=O)[C@H](CCCN=C(N)N(C)C)NC(=O)c1coc(C(=O)NCC(=O)N2CC(F)(F)C[C@H]2C#N)c1. The molecule has 1 aliphatic heterocycles. The highest BCUT2D eigenvalue weighted by molar-refractivity contribution is 6.01. The highest BCUT2D eigenvalue weighted by atomic mass is 19.3. The Morgan fingerprint density at radius 3 is 2.61 bits per heavy atom. The Kier molecular flexibility index (Phi) is 10.3. The van der Waals surface area contributed by atoms with E-state index in [-0.39, 0.29) is 23.0 Å². The smallest absolute Gasteiger partial charge is 0.287 e. The zero-order valence-corrected chi connectivity index (χ0v) is 21.8. The molecule has 208 valence electrons. The van der Waals surface area contributed by atoms with Gasteiger partial charge in [-0.05, 0) is 12.8 Å². The van der Waals surface area contributed by atoms with Crippen LogP contribution in [0.5, 0.6) is 0 Å². The van der Waals surface area contributed by atoms with Crippen LogP contribution < -0.4 is 16.4 Å². The van der Waals surface area contributed by atoms with Gasteiger partial charge >= 0.3 is 0 Å². The van der Waals surface area contributed by atoms with Crippen LogP contribution in [0.25, 0.3) is 0 Å². The second-order valence-corrected chi connectivity index (χ2v) is 9.47. The van der Waals surface area contributed by atoms with E-state index in [0.29, 0.717) is 30.2 Å². The summed E-state index contributed by atoms with van der Waals surface area (Å²) in [4.78, 5) is 56.6. The standard InChI is InChI=1S/C24H33F2N7O5/c1-14(2)20(35)17(6-5-7-29-23(28)32(3)4)31-21(36)15-8-18(38-12-15)22(37)30-11-19(34)33-13-24(25,26)9-16(33)10-27/h8,12,14,16-17H,5-7,9,11,13H2,1-4H3,(H2,28,29)(H,30,37)(H,31,36)/t16-,17-/m0/s1. The molecule has 1 saturated heterocycles. The number of nitrogens with one attached hydrogen (secondary N) is 2. The fraction of sp³-hybridized carbons (Fsp3) is 0.583. The third kappa shape index (κ3) is 8.25. The molecule has 0 spiro atoms. The van der Waals surface area contributed by atoms with Crippen molar-refractivity contribution in [2.75, 3.05) is 33.7 Å². The molecule has 1 aromatic heterocycles. The predicted molar refractivity (Wildman–Crippen MR) is 132 cm³/mol. The summed E-state index contributed by atoms with van der Waals surface area (Å²) in [6.45, 7) is 2.25. The van der Waals surface area contributed by atoms with E-state index in [1.807, 2.05) is 0 Å². The van der Waals surface area contributed by atoms with Crippen molar-refractivity contribution in [3.63, 3.8) is 0 Å². The summed E-state index contributed by atoms with van der Waals surface area (Å²) < 4.78 is 32.2. The van der Waals surface area contributed by atoms with Gasteiger partial charge in [-0.15, -0.1) is 0 Å². The quantitative estimate of drug-likeness (QED) is 0.211. The van der Waals surface area contributed by atoms with E-state index in [4.69, 9.17) is 15.4 Å². The highest BCUT2D eigenvalue weighted by Gasteiger charge is 2.47. The number of aliphatic imine (C=N–C) groups is 1. The van der Waals surface area contributed by atoms with Crippen molar-refractivity contribution in [3.8, 4) is 6.07 Å². The van der Waals surface area contributed by atoms with E-state index in [1.165, 1.54) is 0 Å². The number of nitriles is 1.